The van der Waals surface area contributed by atoms with Crippen LogP contribution in [0.3, 0.4) is 0 Å². The molecular formula is C11H16ClNO. The summed E-state index contributed by atoms with van der Waals surface area (Å²) in [6.07, 6.45) is 0.455. The van der Waals surface area contributed by atoms with Crippen LogP contribution in [-0.4, -0.2) is 17.8 Å². The van der Waals surface area contributed by atoms with Crippen LogP contribution in [0.5, 0.6) is 0 Å². The maximum Gasteiger partial charge on any atom is 0.0640 e. The molecule has 0 spiro atoms. The molecule has 1 aromatic rings. The third-order valence-electron chi connectivity index (χ3n) is 2.00. The zero-order chi connectivity index (χ0) is 10.6. The highest BCUT2D eigenvalue weighted by Gasteiger charge is 2.00. The lowest BCUT2D eigenvalue weighted by molar-refractivity contribution is 0.189. The highest BCUT2D eigenvalue weighted by Crippen LogP contribution is 2.22. The molecule has 0 bridgehead atoms. The standard InChI is InChI=1S/C11H16ClNO/c1-8-3-4-11(10(12)7-8)13-6-5-9(2)14/h3-4,7,9,13-14H,5-6H2,1-2H3. The minimum atomic E-state index is -0.272. The number of benzene rings is 1. The fourth-order valence-corrected chi connectivity index (χ4v) is 1.48. The number of rotatable bonds is 4. The first kappa shape index (κ1) is 11.3. The summed E-state index contributed by atoms with van der Waals surface area (Å²) >= 11 is 6.02. The quantitative estimate of drug-likeness (QED) is 0.806. The average Bonchev–Trinajstić information content (AvgIpc) is 2.08. The number of anilines is 1. The average molecular weight is 214 g/mol. The fraction of sp³-hybridized carbons (Fsp3) is 0.455. The summed E-state index contributed by atoms with van der Waals surface area (Å²) in [5.41, 5.74) is 2.08. The lowest BCUT2D eigenvalue weighted by Gasteiger charge is -2.09. The number of nitrogens with one attached hydrogen (secondary N) is 1. The van der Waals surface area contributed by atoms with Gasteiger partial charge in [-0.05, 0) is 38.0 Å². The Hall–Kier alpha value is -0.730. The first-order valence-corrected chi connectivity index (χ1v) is 5.15. The van der Waals surface area contributed by atoms with E-state index in [0.29, 0.717) is 0 Å². The Morgan fingerprint density at radius 3 is 2.79 bits per heavy atom. The van der Waals surface area contributed by atoms with E-state index in [1.807, 2.05) is 25.1 Å². The third-order valence-corrected chi connectivity index (χ3v) is 2.31. The fourth-order valence-electron chi connectivity index (χ4n) is 1.18. The SMILES string of the molecule is Cc1ccc(NCCC(C)O)c(Cl)c1. The molecule has 0 fully saturated rings. The summed E-state index contributed by atoms with van der Waals surface area (Å²) < 4.78 is 0. The van der Waals surface area contributed by atoms with Crippen molar-refractivity contribution in [3.63, 3.8) is 0 Å². The number of aliphatic hydroxyl groups is 1. The molecule has 0 aliphatic rings. The largest absolute Gasteiger partial charge is 0.393 e. The van der Waals surface area contributed by atoms with Gasteiger partial charge in [0.15, 0.2) is 0 Å². The molecule has 0 radical (unpaired) electrons. The number of aliphatic hydroxyl groups excluding tert-OH is 1. The summed E-state index contributed by atoms with van der Waals surface area (Å²) in [6, 6.07) is 5.89. The molecule has 1 rings (SSSR count). The molecule has 0 aliphatic carbocycles. The summed E-state index contributed by atoms with van der Waals surface area (Å²) in [5, 5.41) is 13.0. The zero-order valence-electron chi connectivity index (χ0n) is 8.55. The second-order valence-corrected chi connectivity index (χ2v) is 3.95. The van der Waals surface area contributed by atoms with Crippen LogP contribution in [0.4, 0.5) is 5.69 Å². The Labute approximate surface area is 89.9 Å². The molecule has 2 N–H and O–H groups in total. The Kier molecular flexibility index (Phi) is 4.23. The van der Waals surface area contributed by atoms with Crippen molar-refractivity contribution in [1.82, 2.24) is 0 Å². The first-order valence-electron chi connectivity index (χ1n) is 4.77. The molecule has 2 nitrogen and oxygen atoms in total. The van der Waals surface area contributed by atoms with E-state index >= 15 is 0 Å². The van der Waals surface area contributed by atoms with Crippen molar-refractivity contribution in [3.8, 4) is 0 Å². The predicted molar refractivity (Wildman–Crippen MR) is 61.0 cm³/mol. The van der Waals surface area contributed by atoms with Gasteiger partial charge in [0.25, 0.3) is 0 Å². The van der Waals surface area contributed by atoms with Gasteiger partial charge in [0.1, 0.15) is 0 Å². The molecule has 0 aliphatic heterocycles. The highest BCUT2D eigenvalue weighted by atomic mass is 35.5. The zero-order valence-corrected chi connectivity index (χ0v) is 9.30. The number of halogens is 1. The molecule has 78 valence electrons. The molecule has 1 atom stereocenters. The third kappa shape index (κ3) is 3.56. The van der Waals surface area contributed by atoms with E-state index in [-0.39, 0.29) is 6.10 Å². The monoisotopic (exact) mass is 213 g/mol. The van der Waals surface area contributed by atoms with Gasteiger partial charge in [-0.15, -0.1) is 0 Å². The molecule has 0 saturated carbocycles. The number of hydrogen-bond acceptors (Lipinski definition) is 2. The van der Waals surface area contributed by atoms with E-state index in [0.717, 1.165) is 29.2 Å². The van der Waals surface area contributed by atoms with Crippen molar-refractivity contribution in [2.24, 2.45) is 0 Å². The van der Waals surface area contributed by atoms with Crippen molar-refractivity contribution < 1.29 is 5.11 Å². The van der Waals surface area contributed by atoms with Gasteiger partial charge in [-0.1, -0.05) is 17.7 Å². The smallest absolute Gasteiger partial charge is 0.0640 e. The second kappa shape index (κ2) is 5.23. The van der Waals surface area contributed by atoms with Crippen molar-refractivity contribution in [2.75, 3.05) is 11.9 Å². The van der Waals surface area contributed by atoms with E-state index < -0.39 is 0 Å². The van der Waals surface area contributed by atoms with Gasteiger partial charge < -0.3 is 10.4 Å². The van der Waals surface area contributed by atoms with Crippen molar-refractivity contribution in [2.45, 2.75) is 26.4 Å². The minimum Gasteiger partial charge on any atom is -0.393 e. The summed E-state index contributed by atoms with van der Waals surface area (Å²) in [7, 11) is 0. The van der Waals surface area contributed by atoms with Crippen LogP contribution < -0.4 is 5.32 Å². The maximum absolute atomic E-state index is 9.07. The lowest BCUT2D eigenvalue weighted by Crippen LogP contribution is -2.09. The van der Waals surface area contributed by atoms with E-state index in [4.69, 9.17) is 16.7 Å². The van der Waals surface area contributed by atoms with Gasteiger partial charge in [0, 0.05) is 6.54 Å². The Bertz CT molecular complexity index is 299. The van der Waals surface area contributed by atoms with E-state index in [1.165, 1.54) is 0 Å². The van der Waals surface area contributed by atoms with E-state index in [9.17, 15) is 0 Å². The molecule has 0 amide bonds. The maximum atomic E-state index is 9.07. The van der Waals surface area contributed by atoms with Crippen LogP contribution >= 0.6 is 11.6 Å². The van der Waals surface area contributed by atoms with E-state index in [1.54, 1.807) is 6.92 Å². The van der Waals surface area contributed by atoms with Crippen LogP contribution in [0.1, 0.15) is 18.9 Å². The lowest BCUT2D eigenvalue weighted by atomic mass is 10.2. The van der Waals surface area contributed by atoms with Gasteiger partial charge in [0.05, 0.1) is 16.8 Å². The summed E-state index contributed by atoms with van der Waals surface area (Å²) in [6.45, 7) is 4.52. The summed E-state index contributed by atoms with van der Waals surface area (Å²) in [5.74, 6) is 0. The van der Waals surface area contributed by atoms with Gasteiger partial charge >= 0.3 is 0 Å². The van der Waals surface area contributed by atoms with Gasteiger partial charge in [-0.3, -0.25) is 0 Å². The van der Waals surface area contributed by atoms with Gasteiger partial charge in [0.2, 0.25) is 0 Å². The molecular weight excluding hydrogens is 198 g/mol. The van der Waals surface area contributed by atoms with Crippen molar-refractivity contribution in [3.05, 3.63) is 28.8 Å². The van der Waals surface area contributed by atoms with Crippen LogP contribution in [0.15, 0.2) is 18.2 Å². The number of hydrogen-bond donors (Lipinski definition) is 2. The van der Waals surface area contributed by atoms with Crippen LogP contribution in [0.25, 0.3) is 0 Å². The molecule has 0 saturated heterocycles. The highest BCUT2D eigenvalue weighted by molar-refractivity contribution is 6.33. The topological polar surface area (TPSA) is 32.3 Å². The van der Waals surface area contributed by atoms with Crippen molar-refractivity contribution in [1.29, 1.82) is 0 Å². The molecule has 14 heavy (non-hydrogen) atoms. The molecule has 1 unspecified atom stereocenters. The first-order chi connectivity index (χ1) is 6.59. The minimum absolute atomic E-state index is 0.272. The van der Waals surface area contributed by atoms with Crippen LogP contribution in [0.2, 0.25) is 5.02 Å². The van der Waals surface area contributed by atoms with Gasteiger partial charge in [-0.25, -0.2) is 0 Å². The summed E-state index contributed by atoms with van der Waals surface area (Å²) in [4.78, 5) is 0. The van der Waals surface area contributed by atoms with Gasteiger partial charge in [-0.2, -0.15) is 0 Å². The molecule has 0 aromatic heterocycles. The predicted octanol–water partition coefficient (Wildman–Crippen LogP) is 2.83. The molecule has 1 aromatic carbocycles. The Morgan fingerprint density at radius 1 is 1.50 bits per heavy atom. The van der Waals surface area contributed by atoms with Crippen molar-refractivity contribution >= 4 is 17.3 Å². The normalized spacial score (nSPS) is 12.6. The second-order valence-electron chi connectivity index (χ2n) is 3.55. The molecule has 0 heterocycles. The molecule has 3 heteroatoms. The Balaban J connectivity index is 2.51. The van der Waals surface area contributed by atoms with Crippen LogP contribution in [0, 0.1) is 6.92 Å². The van der Waals surface area contributed by atoms with E-state index in [2.05, 4.69) is 5.32 Å². The number of aryl methyl sites for hydroxylation is 1. The van der Waals surface area contributed by atoms with Crippen LogP contribution in [-0.2, 0) is 0 Å². The Morgan fingerprint density at radius 2 is 2.21 bits per heavy atom.